The normalized spacial score (nSPS) is 10.8. The molecule has 0 amide bonds. The van der Waals surface area contributed by atoms with Gasteiger partial charge in [-0.15, -0.1) is 0 Å². The highest BCUT2D eigenvalue weighted by molar-refractivity contribution is 5.90. The average molecular weight is 280 g/mol. The number of nitrogens with one attached hydrogen (secondary N) is 1. The van der Waals surface area contributed by atoms with E-state index < -0.39 is 0 Å². The van der Waals surface area contributed by atoms with Gasteiger partial charge in [-0.2, -0.15) is 0 Å². The van der Waals surface area contributed by atoms with Crippen LogP contribution in [0, 0.1) is 19.7 Å². The number of aromatic nitrogens is 1. The van der Waals surface area contributed by atoms with Crippen LogP contribution in [-0.2, 0) is 6.54 Å². The van der Waals surface area contributed by atoms with Gasteiger partial charge in [0.2, 0.25) is 0 Å². The number of fused-ring (bicyclic) bond motifs is 1. The van der Waals surface area contributed by atoms with Crippen molar-refractivity contribution in [3.63, 3.8) is 0 Å². The highest BCUT2D eigenvalue weighted by atomic mass is 19.1. The Morgan fingerprint density at radius 3 is 2.71 bits per heavy atom. The first kappa shape index (κ1) is 13.6. The molecule has 3 heteroatoms. The minimum atomic E-state index is -0.166. The van der Waals surface area contributed by atoms with Crippen LogP contribution in [0.25, 0.3) is 10.9 Å². The van der Waals surface area contributed by atoms with Crippen LogP contribution in [-0.4, -0.2) is 4.98 Å². The summed E-state index contributed by atoms with van der Waals surface area (Å²) in [6.45, 7) is 4.41. The van der Waals surface area contributed by atoms with Crippen molar-refractivity contribution in [1.82, 2.24) is 4.98 Å². The van der Waals surface area contributed by atoms with Gasteiger partial charge >= 0.3 is 0 Å². The minimum Gasteiger partial charge on any atom is -0.379 e. The Morgan fingerprint density at radius 1 is 1.05 bits per heavy atom. The van der Waals surface area contributed by atoms with Crippen LogP contribution < -0.4 is 5.32 Å². The molecule has 0 fully saturated rings. The predicted octanol–water partition coefficient (Wildman–Crippen LogP) is 4.60. The number of para-hydroxylation sites is 1. The molecule has 1 N–H and O–H groups in total. The van der Waals surface area contributed by atoms with Crippen LogP contribution >= 0.6 is 0 Å². The van der Waals surface area contributed by atoms with Crippen molar-refractivity contribution in [3.05, 3.63) is 71.2 Å². The van der Waals surface area contributed by atoms with Crippen LogP contribution in [0.15, 0.2) is 48.5 Å². The van der Waals surface area contributed by atoms with E-state index in [1.807, 2.05) is 31.2 Å². The van der Waals surface area contributed by atoms with Gasteiger partial charge in [0.15, 0.2) is 0 Å². The Hall–Kier alpha value is -2.42. The van der Waals surface area contributed by atoms with Crippen molar-refractivity contribution in [1.29, 1.82) is 0 Å². The third-order valence-corrected chi connectivity index (χ3v) is 3.56. The number of anilines is 1. The maximum absolute atomic E-state index is 13.3. The Balaban J connectivity index is 1.88. The quantitative estimate of drug-likeness (QED) is 0.758. The average Bonchev–Trinajstić information content (AvgIpc) is 2.48. The lowest BCUT2D eigenvalue weighted by atomic mass is 10.1. The van der Waals surface area contributed by atoms with E-state index in [0.29, 0.717) is 12.1 Å². The largest absolute Gasteiger partial charge is 0.379 e. The monoisotopic (exact) mass is 280 g/mol. The lowest BCUT2D eigenvalue weighted by molar-refractivity contribution is 0.617. The van der Waals surface area contributed by atoms with Crippen LogP contribution in [0.3, 0.4) is 0 Å². The Labute approximate surface area is 123 Å². The molecule has 0 saturated heterocycles. The van der Waals surface area contributed by atoms with Crippen molar-refractivity contribution in [3.8, 4) is 0 Å². The lowest BCUT2D eigenvalue weighted by Crippen LogP contribution is -2.01. The molecular formula is C18H17FN2. The molecule has 0 saturated carbocycles. The number of halogens is 1. The SMILES string of the molecule is Cc1ccc2cccc(NCc3ccc(F)c(C)c3)c2n1. The molecule has 0 aliphatic heterocycles. The lowest BCUT2D eigenvalue weighted by Gasteiger charge is -2.10. The number of rotatable bonds is 3. The third kappa shape index (κ3) is 2.87. The smallest absolute Gasteiger partial charge is 0.126 e. The van der Waals surface area contributed by atoms with Crippen LogP contribution in [0.1, 0.15) is 16.8 Å². The second-order valence-corrected chi connectivity index (χ2v) is 5.27. The number of pyridine rings is 1. The Bertz CT molecular complexity index is 796. The van der Waals surface area contributed by atoms with E-state index in [9.17, 15) is 4.39 Å². The molecule has 0 unspecified atom stereocenters. The van der Waals surface area contributed by atoms with Gasteiger partial charge in [0, 0.05) is 17.6 Å². The fourth-order valence-corrected chi connectivity index (χ4v) is 2.40. The number of benzene rings is 2. The fourth-order valence-electron chi connectivity index (χ4n) is 2.40. The van der Waals surface area contributed by atoms with E-state index in [0.717, 1.165) is 27.8 Å². The zero-order valence-electron chi connectivity index (χ0n) is 12.2. The van der Waals surface area contributed by atoms with E-state index in [2.05, 4.69) is 22.4 Å². The van der Waals surface area contributed by atoms with Gasteiger partial charge in [-0.05, 0) is 43.2 Å². The van der Waals surface area contributed by atoms with Gasteiger partial charge in [-0.25, -0.2) is 4.39 Å². The van der Waals surface area contributed by atoms with Gasteiger partial charge in [0.1, 0.15) is 5.82 Å². The molecule has 3 aromatic rings. The summed E-state index contributed by atoms with van der Waals surface area (Å²) >= 11 is 0. The minimum absolute atomic E-state index is 0.166. The molecule has 0 bridgehead atoms. The number of nitrogens with zero attached hydrogens (tertiary/aromatic N) is 1. The summed E-state index contributed by atoms with van der Waals surface area (Å²) in [4.78, 5) is 4.60. The van der Waals surface area contributed by atoms with Crippen molar-refractivity contribution in [2.24, 2.45) is 0 Å². The van der Waals surface area contributed by atoms with Gasteiger partial charge in [0.05, 0.1) is 11.2 Å². The number of hydrogen-bond acceptors (Lipinski definition) is 2. The molecular weight excluding hydrogens is 263 g/mol. The molecule has 2 aromatic carbocycles. The highest BCUT2D eigenvalue weighted by Gasteiger charge is 2.04. The van der Waals surface area contributed by atoms with Crippen molar-refractivity contribution in [2.45, 2.75) is 20.4 Å². The predicted molar refractivity (Wildman–Crippen MR) is 84.9 cm³/mol. The van der Waals surface area contributed by atoms with Gasteiger partial charge < -0.3 is 5.32 Å². The molecule has 0 atom stereocenters. The van der Waals surface area contributed by atoms with E-state index in [4.69, 9.17) is 0 Å². The molecule has 3 rings (SSSR count). The van der Waals surface area contributed by atoms with Gasteiger partial charge in [-0.3, -0.25) is 4.98 Å². The Morgan fingerprint density at radius 2 is 1.90 bits per heavy atom. The molecule has 21 heavy (non-hydrogen) atoms. The highest BCUT2D eigenvalue weighted by Crippen LogP contribution is 2.22. The molecule has 0 spiro atoms. The van der Waals surface area contributed by atoms with E-state index in [-0.39, 0.29) is 5.82 Å². The first-order chi connectivity index (χ1) is 10.1. The molecule has 0 radical (unpaired) electrons. The summed E-state index contributed by atoms with van der Waals surface area (Å²) in [5.41, 5.74) is 4.68. The zero-order chi connectivity index (χ0) is 14.8. The van der Waals surface area contributed by atoms with Crippen LogP contribution in [0.5, 0.6) is 0 Å². The molecule has 1 heterocycles. The molecule has 0 aliphatic rings. The van der Waals surface area contributed by atoms with E-state index >= 15 is 0 Å². The van der Waals surface area contributed by atoms with Crippen molar-refractivity contribution < 1.29 is 4.39 Å². The fraction of sp³-hybridized carbons (Fsp3) is 0.167. The molecule has 1 aromatic heterocycles. The Kier molecular flexibility index (Phi) is 3.57. The first-order valence-corrected chi connectivity index (χ1v) is 6.99. The summed E-state index contributed by atoms with van der Waals surface area (Å²) in [5, 5.41) is 4.50. The van der Waals surface area contributed by atoms with Gasteiger partial charge in [0.25, 0.3) is 0 Å². The number of aryl methyl sites for hydroxylation is 2. The maximum Gasteiger partial charge on any atom is 0.126 e. The number of hydrogen-bond donors (Lipinski definition) is 1. The molecule has 0 aliphatic carbocycles. The summed E-state index contributed by atoms with van der Waals surface area (Å²) in [6, 6.07) is 15.3. The van der Waals surface area contributed by atoms with Crippen LogP contribution in [0.2, 0.25) is 0 Å². The van der Waals surface area contributed by atoms with E-state index in [1.54, 1.807) is 13.0 Å². The maximum atomic E-state index is 13.3. The summed E-state index contributed by atoms with van der Waals surface area (Å²) in [5.74, 6) is -0.166. The molecule has 2 nitrogen and oxygen atoms in total. The summed E-state index contributed by atoms with van der Waals surface area (Å²) in [6.07, 6.45) is 0. The topological polar surface area (TPSA) is 24.9 Å². The van der Waals surface area contributed by atoms with E-state index in [1.165, 1.54) is 6.07 Å². The standard InChI is InChI=1S/C18H17FN2/c1-12-10-14(7-9-16(12)19)11-20-17-5-3-4-15-8-6-13(2)21-18(15)17/h3-10,20H,11H2,1-2H3. The second-order valence-electron chi connectivity index (χ2n) is 5.27. The summed E-state index contributed by atoms with van der Waals surface area (Å²) in [7, 11) is 0. The van der Waals surface area contributed by atoms with Crippen LogP contribution in [0.4, 0.5) is 10.1 Å². The first-order valence-electron chi connectivity index (χ1n) is 6.99. The second kappa shape index (κ2) is 5.52. The van der Waals surface area contributed by atoms with Crippen molar-refractivity contribution >= 4 is 16.6 Å². The summed E-state index contributed by atoms with van der Waals surface area (Å²) < 4.78 is 13.3. The molecule has 106 valence electrons. The van der Waals surface area contributed by atoms with Gasteiger partial charge in [-0.1, -0.05) is 30.3 Å². The van der Waals surface area contributed by atoms with Crippen molar-refractivity contribution in [2.75, 3.05) is 5.32 Å². The zero-order valence-corrected chi connectivity index (χ0v) is 12.2. The third-order valence-electron chi connectivity index (χ3n) is 3.56.